The Hall–Kier alpha value is -0.120. The summed E-state index contributed by atoms with van der Waals surface area (Å²) in [6.07, 6.45) is 1.17. The Morgan fingerprint density at radius 2 is 1.38 bits per heavy atom. The van der Waals surface area contributed by atoms with Crippen LogP contribution in [0.3, 0.4) is 0 Å². The fourth-order valence-electron chi connectivity index (χ4n) is 3.26. The number of halogens is 3. The number of carbonyl (C=O) groups is 3. The highest BCUT2D eigenvalue weighted by atomic mass is 35.5. The highest BCUT2D eigenvalue weighted by molar-refractivity contribution is 6.67. The molecule has 0 aromatic rings. The zero-order valence-electron chi connectivity index (χ0n) is 8.16. The molecule has 0 spiro atoms. The molecule has 0 aromatic heterocycles. The molecule has 0 radical (unpaired) electrons. The van der Waals surface area contributed by atoms with E-state index in [0.717, 1.165) is 0 Å². The molecule has 88 valence electrons. The third-order valence-electron chi connectivity index (χ3n) is 3.82. The third-order valence-corrected chi connectivity index (χ3v) is 4.60. The van der Waals surface area contributed by atoms with Gasteiger partial charge in [0.15, 0.2) is 0 Å². The lowest BCUT2D eigenvalue weighted by atomic mass is 9.75. The van der Waals surface area contributed by atoms with E-state index in [9.17, 15) is 14.4 Å². The normalized spacial score (nSPS) is 41.1. The first-order chi connectivity index (χ1) is 7.43. The fourth-order valence-corrected chi connectivity index (χ4v) is 4.12. The van der Waals surface area contributed by atoms with Crippen molar-refractivity contribution in [2.24, 2.45) is 29.6 Å². The first-order valence-electron chi connectivity index (χ1n) is 5.01. The summed E-state index contributed by atoms with van der Waals surface area (Å²) >= 11 is 16.4. The summed E-state index contributed by atoms with van der Waals surface area (Å²) in [5.74, 6) is -1.78. The maximum Gasteiger partial charge on any atom is 0.225 e. The van der Waals surface area contributed by atoms with Crippen LogP contribution in [0.15, 0.2) is 0 Å². The van der Waals surface area contributed by atoms with Gasteiger partial charge in [-0.1, -0.05) is 0 Å². The average Bonchev–Trinajstić information content (AvgIpc) is 2.72. The highest BCUT2D eigenvalue weighted by Crippen LogP contribution is 2.57. The topological polar surface area (TPSA) is 51.2 Å². The van der Waals surface area contributed by atoms with E-state index in [1.165, 1.54) is 0 Å². The van der Waals surface area contributed by atoms with Crippen LogP contribution in [-0.2, 0) is 14.4 Å². The van der Waals surface area contributed by atoms with Crippen molar-refractivity contribution in [1.29, 1.82) is 0 Å². The molecule has 0 aromatic carbocycles. The van der Waals surface area contributed by atoms with Crippen LogP contribution in [0, 0.1) is 29.6 Å². The lowest BCUT2D eigenvalue weighted by Crippen LogP contribution is -2.36. The first kappa shape index (κ1) is 12.3. The summed E-state index contributed by atoms with van der Waals surface area (Å²) in [7, 11) is 0. The van der Waals surface area contributed by atoms with Gasteiger partial charge < -0.3 is 0 Å². The molecule has 2 saturated carbocycles. The largest absolute Gasteiger partial charge is 0.281 e. The molecule has 2 fully saturated rings. The van der Waals surface area contributed by atoms with Crippen LogP contribution in [0.1, 0.15) is 12.8 Å². The second-order valence-electron chi connectivity index (χ2n) is 4.47. The molecular formula is C10H9Cl3O3. The van der Waals surface area contributed by atoms with Gasteiger partial charge in [0.25, 0.3) is 0 Å². The van der Waals surface area contributed by atoms with Gasteiger partial charge in [0.1, 0.15) is 0 Å². The molecular weight excluding hydrogens is 274 g/mol. The van der Waals surface area contributed by atoms with Gasteiger partial charge in [0, 0.05) is 17.8 Å². The summed E-state index contributed by atoms with van der Waals surface area (Å²) in [6, 6.07) is 0. The van der Waals surface area contributed by atoms with Crippen molar-refractivity contribution in [3.63, 3.8) is 0 Å². The van der Waals surface area contributed by atoms with Crippen LogP contribution in [0.25, 0.3) is 0 Å². The Kier molecular flexibility index (Phi) is 3.30. The minimum atomic E-state index is -0.641. The Bertz CT molecular complexity index is 368. The Morgan fingerprint density at radius 3 is 1.81 bits per heavy atom. The number of hydrogen-bond acceptors (Lipinski definition) is 3. The molecule has 0 saturated heterocycles. The van der Waals surface area contributed by atoms with Crippen LogP contribution in [0.5, 0.6) is 0 Å². The van der Waals surface area contributed by atoms with Crippen LogP contribution >= 0.6 is 34.8 Å². The second kappa shape index (κ2) is 4.28. The lowest BCUT2D eigenvalue weighted by Gasteiger charge is -2.29. The molecule has 0 N–H and O–H groups in total. The van der Waals surface area contributed by atoms with Crippen LogP contribution in [0.2, 0.25) is 0 Å². The van der Waals surface area contributed by atoms with E-state index in [-0.39, 0.29) is 17.8 Å². The van der Waals surface area contributed by atoms with Gasteiger partial charge in [0.2, 0.25) is 15.7 Å². The van der Waals surface area contributed by atoms with Crippen LogP contribution in [0.4, 0.5) is 0 Å². The molecule has 2 aliphatic rings. The minimum absolute atomic E-state index is 0.0320. The molecule has 3 nitrogen and oxygen atoms in total. The molecule has 5 unspecified atom stereocenters. The molecule has 0 aliphatic heterocycles. The van der Waals surface area contributed by atoms with Gasteiger partial charge in [-0.25, -0.2) is 0 Å². The SMILES string of the molecule is O=C(Cl)C1CC2CC1C(C(=O)Cl)C2C(=O)Cl. The monoisotopic (exact) mass is 282 g/mol. The zero-order chi connectivity index (χ0) is 12.0. The molecule has 6 heteroatoms. The molecule has 2 rings (SSSR count). The van der Waals surface area contributed by atoms with Crippen molar-refractivity contribution >= 4 is 50.5 Å². The van der Waals surface area contributed by atoms with E-state index in [1.54, 1.807) is 0 Å². The fraction of sp³-hybridized carbons (Fsp3) is 0.700. The number of rotatable bonds is 3. The van der Waals surface area contributed by atoms with Crippen molar-refractivity contribution < 1.29 is 14.4 Å². The molecule has 5 atom stereocenters. The third kappa shape index (κ3) is 1.79. The van der Waals surface area contributed by atoms with E-state index in [4.69, 9.17) is 34.8 Å². The molecule has 2 aliphatic carbocycles. The smallest absolute Gasteiger partial charge is 0.225 e. The maximum absolute atomic E-state index is 11.3. The Morgan fingerprint density at radius 1 is 0.812 bits per heavy atom. The molecule has 2 bridgehead atoms. The molecule has 0 amide bonds. The van der Waals surface area contributed by atoms with Crippen molar-refractivity contribution in [3.05, 3.63) is 0 Å². The van der Waals surface area contributed by atoms with E-state index in [1.807, 2.05) is 0 Å². The summed E-state index contributed by atoms with van der Waals surface area (Å²) in [5, 5.41) is -1.57. The Balaban J connectivity index is 2.29. The minimum Gasteiger partial charge on any atom is -0.281 e. The van der Waals surface area contributed by atoms with Crippen LogP contribution < -0.4 is 0 Å². The van der Waals surface area contributed by atoms with Crippen molar-refractivity contribution in [2.45, 2.75) is 12.8 Å². The predicted molar refractivity (Wildman–Crippen MR) is 59.3 cm³/mol. The average molecular weight is 284 g/mol. The molecule has 0 heterocycles. The molecule has 16 heavy (non-hydrogen) atoms. The van der Waals surface area contributed by atoms with Crippen LogP contribution in [-0.4, -0.2) is 15.7 Å². The highest BCUT2D eigenvalue weighted by Gasteiger charge is 2.58. The standard InChI is InChI=1S/C10H9Cl3O3/c11-8(14)5-2-3-1-4(5)7(10(13)16)6(3)9(12)15/h3-7H,1-2H2. The zero-order valence-corrected chi connectivity index (χ0v) is 10.4. The quantitative estimate of drug-likeness (QED) is 0.746. The van der Waals surface area contributed by atoms with Gasteiger partial charge in [0.05, 0.1) is 0 Å². The van der Waals surface area contributed by atoms with Gasteiger partial charge in [-0.05, 0) is 59.5 Å². The van der Waals surface area contributed by atoms with Gasteiger partial charge in [-0.2, -0.15) is 0 Å². The summed E-state index contributed by atoms with van der Waals surface area (Å²) < 4.78 is 0. The number of fused-ring (bicyclic) bond motifs is 2. The number of hydrogen-bond donors (Lipinski definition) is 0. The number of carbonyl (C=O) groups excluding carboxylic acids is 3. The van der Waals surface area contributed by atoms with Crippen molar-refractivity contribution in [2.75, 3.05) is 0 Å². The second-order valence-corrected chi connectivity index (χ2v) is 5.58. The van der Waals surface area contributed by atoms with E-state index in [2.05, 4.69) is 0 Å². The van der Waals surface area contributed by atoms with E-state index < -0.39 is 27.6 Å². The van der Waals surface area contributed by atoms with Crippen molar-refractivity contribution in [1.82, 2.24) is 0 Å². The van der Waals surface area contributed by atoms with Gasteiger partial charge >= 0.3 is 0 Å². The van der Waals surface area contributed by atoms with Gasteiger partial charge in [-0.3, -0.25) is 14.4 Å². The predicted octanol–water partition coefficient (Wildman–Crippen LogP) is 2.17. The van der Waals surface area contributed by atoms with E-state index in [0.29, 0.717) is 12.8 Å². The summed E-state index contributed by atoms with van der Waals surface area (Å²) in [6.45, 7) is 0. The maximum atomic E-state index is 11.3. The van der Waals surface area contributed by atoms with Gasteiger partial charge in [-0.15, -0.1) is 0 Å². The summed E-state index contributed by atoms with van der Waals surface area (Å²) in [4.78, 5) is 33.8. The Labute approximate surface area is 107 Å². The van der Waals surface area contributed by atoms with E-state index >= 15 is 0 Å². The lowest BCUT2D eigenvalue weighted by molar-refractivity contribution is -0.129. The summed E-state index contributed by atoms with van der Waals surface area (Å²) in [5.41, 5.74) is 0. The van der Waals surface area contributed by atoms with Crippen molar-refractivity contribution in [3.8, 4) is 0 Å². The first-order valence-corrected chi connectivity index (χ1v) is 6.15.